The molecule has 0 saturated carbocycles. The van der Waals surface area contributed by atoms with Crippen LogP contribution in [0.5, 0.6) is 0 Å². The molecule has 1 heterocycles. The van der Waals surface area contributed by atoms with E-state index in [9.17, 15) is 13.2 Å². The SMILES string of the molecule is N#Cc1ncn(-c2ccc(C(C(N)=O)c3ccccc3Cl)cc2S(N)(=O)=O)n1. The lowest BCUT2D eigenvalue weighted by atomic mass is 9.90. The summed E-state index contributed by atoms with van der Waals surface area (Å²) in [6.45, 7) is 0. The summed E-state index contributed by atoms with van der Waals surface area (Å²) in [5.41, 5.74) is 6.34. The third-order valence-corrected chi connectivity index (χ3v) is 5.25. The Labute approximate surface area is 165 Å². The van der Waals surface area contributed by atoms with E-state index in [1.165, 1.54) is 24.5 Å². The zero-order valence-electron chi connectivity index (χ0n) is 14.2. The summed E-state index contributed by atoms with van der Waals surface area (Å²) >= 11 is 6.18. The lowest BCUT2D eigenvalue weighted by Gasteiger charge is -2.18. The van der Waals surface area contributed by atoms with Gasteiger partial charge in [0.2, 0.25) is 15.9 Å². The van der Waals surface area contributed by atoms with Crippen LogP contribution in [0.1, 0.15) is 22.9 Å². The predicted octanol–water partition coefficient (Wildman–Crippen LogP) is 1.06. The number of aromatic nitrogens is 3. The minimum atomic E-state index is -4.21. The summed E-state index contributed by atoms with van der Waals surface area (Å²) in [7, 11) is -4.21. The number of nitriles is 1. The molecule has 0 spiro atoms. The van der Waals surface area contributed by atoms with Crippen molar-refractivity contribution in [2.24, 2.45) is 10.9 Å². The van der Waals surface area contributed by atoms with Crippen molar-refractivity contribution < 1.29 is 13.2 Å². The van der Waals surface area contributed by atoms with Crippen LogP contribution in [0.2, 0.25) is 5.02 Å². The van der Waals surface area contributed by atoms with Crippen LogP contribution in [0.3, 0.4) is 0 Å². The van der Waals surface area contributed by atoms with E-state index in [0.717, 1.165) is 4.68 Å². The highest BCUT2D eigenvalue weighted by molar-refractivity contribution is 7.89. The molecule has 4 N–H and O–H groups in total. The van der Waals surface area contributed by atoms with Gasteiger partial charge < -0.3 is 5.73 Å². The van der Waals surface area contributed by atoms with Crippen molar-refractivity contribution in [3.05, 3.63) is 70.8 Å². The third-order valence-electron chi connectivity index (χ3n) is 3.96. The predicted molar refractivity (Wildman–Crippen MR) is 99.9 cm³/mol. The number of amides is 1. The number of benzene rings is 2. The van der Waals surface area contributed by atoms with Gasteiger partial charge in [-0.1, -0.05) is 35.9 Å². The molecule has 2 aromatic carbocycles. The second-order valence-electron chi connectivity index (χ2n) is 5.75. The van der Waals surface area contributed by atoms with Crippen molar-refractivity contribution in [3.63, 3.8) is 0 Å². The summed E-state index contributed by atoms with van der Waals surface area (Å²) in [5.74, 6) is -1.85. The fourth-order valence-electron chi connectivity index (χ4n) is 2.76. The van der Waals surface area contributed by atoms with E-state index >= 15 is 0 Å². The molecular weight excluding hydrogens is 404 g/mol. The van der Waals surface area contributed by atoms with Crippen molar-refractivity contribution in [2.75, 3.05) is 0 Å². The molecular formula is C17H13ClN6O3S. The number of carbonyl (C=O) groups is 1. The first kappa shape index (κ1) is 19.5. The Morgan fingerprint density at radius 3 is 2.54 bits per heavy atom. The van der Waals surface area contributed by atoms with Crippen LogP contribution in [0.25, 0.3) is 5.69 Å². The normalized spacial score (nSPS) is 12.3. The highest BCUT2D eigenvalue weighted by Crippen LogP contribution is 2.32. The van der Waals surface area contributed by atoms with Crippen LogP contribution < -0.4 is 10.9 Å². The molecule has 1 aromatic heterocycles. The van der Waals surface area contributed by atoms with E-state index in [0.29, 0.717) is 10.6 Å². The van der Waals surface area contributed by atoms with Gasteiger partial charge in [-0.2, -0.15) is 5.26 Å². The molecule has 0 bridgehead atoms. The molecule has 1 amide bonds. The molecule has 1 unspecified atom stereocenters. The maximum absolute atomic E-state index is 12.2. The molecule has 3 aromatic rings. The quantitative estimate of drug-likeness (QED) is 0.632. The Kier molecular flexibility index (Phi) is 5.15. The van der Waals surface area contributed by atoms with Crippen LogP contribution in [0.15, 0.2) is 53.7 Å². The number of carbonyl (C=O) groups excluding carboxylic acids is 1. The van der Waals surface area contributed by atoms with Crippen molar-refractivity contribution in [2.45, 2.75) is 10.8 Å². The maximum Gasteiger partial charge on any atom is 0.252 e. The van der Waals surface area contributed by atoms with E-state index in [2.05, 4.69) is 10.1 Å². The Balaban J connectivity index is 2.22. The summed E-state index contributed by atoms with van der Waals surface area (Å²) in [4.78, 5) is 15.6. The number of sulfonamides is 1. The topological polar surface area (TPSA) is 158 Å². The maximum atomic E-state index is 12.2. The van der Waals surface area contributed by atoms with Gasteiger partial charge in [0.05, 0.1) is 11.6 Å². The van der Waals surface area contributed by atoms with Gasteiger partial charge in [0.1, 0.15) is 17.3 Å². The van der Waals surface area contributed by atoms with E-state index in [-0.39, 0.29) is 22.0 Å². The second-order valence-corrected chi connectivity index (χ2v) is 7.69. The molecule has 142 valence electrons. The first-order valence-electron chi connectivity index (χ1n) is 7.75. The van der Waals surface area contributed by atoms with Crippen molar-refractivity contribution in [3.8, 4) is 11.8 Å². The number of rotatable bonds is 5. The average molecular weight is 417 g/mol. The Bertz CT molecular complexity index is 1220. The lowest BCUT2D eigenvalue weighted by Crippen LogP contribution is -2.24. The molecule has 11 heteroatoms. The zero-order chi connectivity index (χ0) is 20.5. The van der Waals surface area contributed by atoms with Crippen molar-refractivity contribution in [1.82, 2.24) is 14.8 Å². The van der Waals surface area contributed by atoms with Crippen LogP contribution in [-0.2, 0) is 14.8 Å². The van der Waals surface area contributed by atoms with E-state index in [1.54, 1.807) is 30.3 Å². The number of hydrogen-bond donors (Lipinski definition) is 2. The van der Waals surface area contributed by atoms with E-state index < -0.39 is 21.8 Å². The molecule has 0 aliphatic carbocycles. The molecule has 0 fully saturated rings. The highest BCUT2D eigenvalue weighted by Gasteiger charge is 2.26. The zero-order valence-corrected chi connectivity index (χ0v) is 15.7. The average Bonchev–Trinajstić information content (AvgIpc) is 3.11. The lowest BCUT2D eigenvalue weighted by molar-refractivity contribution is -0.118. The fourth-order valence-corrected chi connectivity index (χ4v) is 3.76. The van der Waals surface area contributed by atoms with Gasteiger partial charge in [0.25, 0.3) is 5.82 Å². The van der Waals surface area contributed by atoms with Gasteiger partial charge in [0, 0.05) is 5.02 Å². The molecule has 3 rings (SSSR count). The Morgan fingerprint density at radius 2 is 1.96 bits per heavy atom. The van der Waals surface area contributed by atoms with Crippen LogP contribution in [-0.4, -0.2) is 29.1 Å². The number of primary sulfonamides is 1. The smallest absolute Gasteiger partial charge is 0.252 e. The fraction of sp³-hybridized carbons (Fsp3) is 0.0588. The van der Waals surface area contributed by atoms with Gasteiger partial charge in [-0.25, -0.2) is 23.2 Å². The summed E-state index contributed by atoms with van der Waals surface area (Å²) in [6, 6.07) is 12.5. The van der Waals surface area contributed by atoms with Gasteiger partial charge in [-0.3, -0.25) is 4.79 Å². The Hall–Kier alpha value is -3.26. The van der Waals surface area contributed by atoms with Gasteiger partial charge in [-0.05, 0) is 29.3 Å². The van der Waals surface area contributed by atoms with E-state index in [1.807, 2.05) is 0 Å². The standard InChI is InChI=1S/C17H13ClN6O3S/c18-12-4-2-1-3-11(12)16(17(20)25)10-5-6-13(14(7-10)28(21,26)27)24-9-22-15(8-19)23-24/h1-7,9,16H,(H2,20,25)(H2,21,26,27). The minimum Gasteiger partial charge on any atom is -0.369 e. The van der Waals surface area contributed by atoms with Crippen LogP contribution in [0, 0.1) is 11.3 Å². The summed E-state index contributed by atoms with van der Waals surface area (Å²) in [5, 5.41) is 18.4. The first-order chi connectivity index (χ1) is 13.2. The van der Waals surface area contributed by atoms with Gasteiger partial charge in [-0.15, -0.1) is 5.10 Å². The molecule has 28 heavy (non-hydrogen) atoms. The highest BCUT2D eigenvalue weighted by atomic mass is 35.5. The summed E-state index contributed by atoms with van der Waals surface area (Å²) < 4.78 is 25.4. The third kappa shape index (κ3) is 3.72. The molecule has 1 atom stereocenters. The number of hydrogen-bond acceptors (Lipinski definition) is 6. The molecule has 0 aliphatic rings. The second kappa shape index (κ2) is 7.40. The number of nitrogens with zero attached hydrogens (tertiary/aromatic N) is 4. The Morgan fingerprint density at radius 1 is 1.25 bits per heavy atom. The monoisotopic (exact) mass is 416 g/mol. The first-order valence-corrected chi connectivity index (χ1v) is 9.67. The number of primary amides is 1. The van der Waals surface area contributed by atoms with E-state index in [4.69, 9.17) is 27.7 Å². The van der Waals surface area contributed by atoms with Crippen molar-refractivity contribution >= 4 is 27.5 Å². The number of nitrogens with two attached hydrogens (primary N) is 2. The van der Waals surface area contributed by atoms with Gasteiger partial charge >= 0.3 is 0 Å². The van der Waals surface area contributed by atoms with Crippen LogP contribution in [0.4, 0.5) is 0 Å². The molecule has 0 aliphatic heterocycles. The molecule has 0 radical (unpaired) electrons. The minimum absolute atomic E-state index is 0.0719. The number of halogens is 1. The summed E-state index contributed by atoms with van der Waals surface area (Å²) in [6.07, 6.45) is 1.18. The van der Waals surface area contributed by atoms with Crippen molar-refractivity contribution in [1.29, 1.82) is 5.26 Å². The van der Waals surface area contributed by atoms with Gasteiger partial charge in [0.15, 0.2) is 0 Å². The molecule has 0 saturated heterocycles. The largest absolute Gasteiger partial charge is 0.369 e. The van der Waals surface area contributed by atoms with Crippen LogP contribution >= 0.6 is 11.6 Å². The molecule has 9 nitrogen and oxygen atoms in total.